The Morgan fingerprint density at radius 1 is 0.972 bits per heavy atom. The molecule has 0 saturated carbocycles. The first-order chi connectivity index (χ1) is 17.2. The summed E-state index contributed by atoms with van der Waals surface area (Å²) in [5, 5.41) is 0.618. The number of amides is 3. The highest BCUT2D eigenvalue weighted by Crippen LogP contribution is 2.27. The normalized spacial score (nSPS) is 13.8. The molecule has 1 fully saturated rings. The Hall–Kier alpha value is -3.49. The molecule has 1 aliphatic heterocycles. The van der Waals surface area contributed by atoms with Crippen LogP contribution in [0.1, 0.15) is 50.4 Å². The van der Waals surface area contributed by atoms with Gasteiger partial charge in [-0.3, -0.25) is 9.63 Å². The van der Waals surface area contributed by atoms with Crippen molar-refractivity contribution < 1.29 is 14.4 Å². The summed E-state index contributed by atoms with van der Waals surface area (Å²) in [4.78, 5) is 43.9. The van der Waals surface area contributed by atoms with Crippen molar-refractivity contribution in [2.75, 3.05) is 18.0 Å². The van der Waals surface area contributed by atoms with E-state index in [1.165, 1.54) is 4.90 Å². The minimum absolute atomic E-state index is 0.00527. The number of carbonyl (C=O) groups is 2. The minimum Gasteiger partial charge on any atom is -0.339 e. The molecule has 2 aromatic carbocycles. The number of carbonyl (C=O) groups excluding carboxylic acids is 2. The molecule has 1 aromatic heterocycles. The van der Waals surface area contributed by atoms with Gasteiger partial charge in [0, 0.05) is 35.4 Å². The molecule has 3 amide bonds. The van der Waals surface area contributed by atoms with Gasteiger partial charge in [-0.15, -0.1) is 0 Å². The predicted octanol–water partition coefficient (Wildman–Crippen LogP) is 6.00. The van der Waals surface area contributed by atoms with Gasteiger partial charge in [0.2, 0.25) is 5.95 Å². The van der Waals surface area contributed by atoms with E-state index in [1.807, 2.05) is 37.8 Å². The number of benzene rings is 2. The van der Waals surface area contributed by atoms with Crippen LogP contribution in [0.25, 0.3) is 11.3 Å². The molecular formula is C27H30ClN5O3. The second-order valence-electron chi connectivity index (χ2n) is 9.61. The van der Waals surface area contributed by atoms with E-state index in [4.69, 9.17) is 16.4 Å². The first kappa shape index (κ1) is 25.6. The van der Waals surface area contributed by atoms with Crippen molar-refractivity contribution in [2.24, 2.45) is 0 Å². The zero-order valence-electron chi connectivity index (χ0n) is 20.7. The number of halogens is 1. The van der Waals surface area contributed by atoms with E-state index in [1.54, 1.807) is 48.7 Å². The van der Waals surface area contributed by atoms with Crippen LogP contribution in [0.15, 0.2) is 60.8 Å². The Morgan fingerprint density at radius 2 is 1.64 bits per heavy atom. The van der Waals surface area contributed by atoms with Crippen LogP contribution < -0.4 is 10.4 Å². The number of hydroxylamine groups is 1. The molecule has 0 bridgehead atoms. The molecule has 1 aliphatic rings. The molecule has 188 valence electrons. The van der Waals surface area contributed by atoms with Crippen LogP contribution in [0.3, 0.4) is 0 Å². The molecule has 0 radical (unpaired) electrons. The largest absolute Gasteiger partial charge is 0.352 e. The number of likely N-dealkylation sites (tertiary alicyclic amines) is 1. The van der Waals surface area contributed by atoms with Gasteiger partial charge in [0.25, 0.3) is 5.91 Å². The summed E-state index contributed by atoms with van der Waals surface area (Å²) in [6, 6.07) is 15.3. The molecule has 1 saturated heterocycles. The highest BCUT2D eigenvalue weighted by Gasteiger charge is 2.25. The smallest absolute Gasteiger partial charge is 0.339 e. The Kier molecular flexibility index (Phi) is 7.86. The third-order valence-corrected chi connectivity index (χ3v) is 5.90. The number of nitrogens with zero attached hydrogens (tertiary/aromatic N) is 4. The monoisotopic (exact) mass is 507 g/mol. The van der Waals surface area contributed by atoms with Gasteiger partial charge in [-0.2, -0.15) is 0 Å². The first-order valence-corrected chi connectivity index (χ1v) is 12.4. The maximum Gasteiger partial charge on any atom is 0.352 e. The van der Waals surface area contributed by atoms with Gasteiger partial charge in [0.15, 0.2) is 0 Å². The van der Waals surface area contributed by atoms with Crippen molar-refractivity contribution >= 4 is 35.2 Å². The zero-order valence-corrected chi connectivity index (χ0v) is 21.5. The summed E-state index contributed by atoms with van der Waals surface area (Å²) in [7, 11) is 0. The van der Waals surface area contributed by atoms with E-state index in [2.05, 4.69) is 15.4 Å². The maximum atomic E-state index is 13.3. The predicted molar refractivity (Wildman–Crippen MR) is 140 cm³/mol. The Morgan fingerprint density at radius 3 is 2.28 bits per heavy atom. The van der Waals surface area contributed by atoms with Gasteiger partial charge in [-0.25, -0.2) is 25.1 Å². The average Bonchev–Trinajstić information content (AvgIpc) is 2.88. The number of aromatic nitrogens is 2. The molecule has 9 heteroatoms. The lowest BCUT2D eigenvalue weighted by Gasteiger charge is -2.27. The number of hydrogen-bond acceptors (Lipinski definition) is 5. The molecule has 3 aromatic rings. The number of piperidine rings is 1. The fraction of sp³-hybridized carbons (Fsp3) is 0.333. The fourth-order valence-corrected chi connectivity index (χ4v) is 3.96. The third kappa shape index (κ3) is 6.38. The second kappa shape index (κ2) is 11.1. The van der Waals surface area contributed by atoms with E-state index in [0.29, 0.717) is 22.0 Å². The van der Waals surface area contributed by atoms with Crippen molar-refractivity contribution in [1.82, 2.24) is 20.3 Å². The van der Waals surface area contributed by atoms with Crippen molar-refractivity contribution in [3.8, 4) is 11.3 Å². The quantitative estimate of drug-likeness (QED) is 0.428. The fourth-order valence-electron chi connectivity index (χ4n) is 3.84. The molecule has 0 unspecified atom stereocenters. The standard InChI is InChI=1S/C27H30ClN5O3/c1-27(2,3)36-31-26(35)33(25-29-16-15-23(30-25)19-7-11-21(28)12-8-19)22-13-9-20(10-14-22)24(34)32-17-5-4-6-18-32/h7-16H,4-6,17-18H2,1-3H3,(H,31,35). The number of urea groups is 1. The lowest BCUT2D eigenvalue weighted by molar-refractivity contribution is -0.0513. The van der Waals surface area contributed by atoms with E-state index >= 15 is 0 Å². The number of hydrogen-bond donors (Lipinski definition) is 1. The summed E-state index contributed by atoms with van der Waals surface area (Å²) >= 11 is 6.02. The van der Waals surface area contributed by atoms with E-state index < -0.39 is 11.6 Å². The van der Waals surface area contributed by atoms with Gasteiger partial charge in [0.05, 0.1) is 17.0 Å². The molecule has 0 spiro atoms. The molecule has 2 heterocycles. The topological polar surface area (TPSA) is 87.7 Å². The third-order valence-electron chi connectivity index (χ3n) is 5.65. The van der Waals surface area contributed by atoms with Crippen LogP contribution >= 0.6 is 11.6 Å². The summed E-state index contributed by atoms with van der Waals surface area (Å²) in [5.74, 6) is 0.155. The van der Waals surface area contributed by atoms with Crippen LogP contribution in [-0.2, 0) is 4.84 Å². The summed E-state index contributed by atoms with van der Waals surface area (Å²) in [5.41, 5.74) is 4.41. The van der Waals surface area contributed by atoms with Crippen molar-refractivity contribution in [2.45, 2.75) is 45.6 Å². The van der Waals surface area contributed by atoms with Crippen molar-refractivity contribution in [1.29, 1.82) is 0 Å². The van der Waals surface area contributed by atoms with E-state index in [-0.39, 0.29) is 11.9 Å². The van der Waals surface area contributed by atoms with Crippen molar-refractivity contribution in [3.05, 3.63) is 71.4 Å². The molecule has 36 heavy (non-hydrogen) atoms. The van der Waals surface area contributed by atoms with Crippen LogP contribution in [-0.4, -0.2) is 45.5 Å². The highest BCUT2D eigenvalue weighted by atomic mass is 35.5. The Balaban J connectivity index is 1.65. The molecular weight excluding hydrogens is 478 g/mol. The summed E-state index contributed by atoms with van der Waals surface area (Å²) < 4.78 is 0. The number of anilines is 2. The second-order valence-corrected chi connectivity index (χ2v) is 10.0. The van der Waals surface area contributed by atoms with E-state index in [0.717, 1.165) is 37.9 Å². The maximum absolute atomic E-state index is 13.3. The van der Waals surface area contributed by atoms with Crippen LogP contribution in [0, 0.1) is 0 Å². The first-order valence-electron chi connectivity index (χ1n) is 12.0. The molecule has 0 atom stereocenters. The SMILES string of the molecule is CC(C)(C)ONC(=O)N(c1ccc(C(=O)N2CCCCC2)cc1)c1nccc(-c2ccc(Cl)cc2)n1. The van der Waals surface area contributed by atoms with Crippen LogP contribution in [0.2, 0.25) is 5.02 Å². The molecule has 0 aliphatic carbocycles. The highest BCUT2D eigenvalue weighted by molar-refractivity contribution is 6.30. The van der Waals surface area contributed by atoms with E-state index in [9.17, 15) is 9.59 Å². The van der Waals surface area contributed by atoms with Crippen LogP contribution in [0.4, 0.5) is 16.4 Å². The summed E-state index contributed by atoms with van der Waals surface area (Å²) in [6.45, 7) is 7.03. The van der Waals surface area contributed by atoms with Gasteiger partial charge in [-0.1, -0.05) is 23.7 Å². The molecule has 1 N–H and O–H groups in total. The number of rotatable bonds is 5. The zero-order chi connectivity index (χ0) is 25.7. The Bertz CT molecular complexity index is 1200. The number of nitrogens with one attached hydrogen (secondary N) is 1. The van der Waals surface area contributed by atoms with Gasteiger partial charge in [0.1, 0.15) is 0 Å². The molecule has 8 nitrogen and oxygen atoms in total. The minimum atomic E-state index is -0.599. The van der Waals surface area contributed by atoms with Crippen molar-refractivity contribution in [3.63, 3.8) is 0 Å². The lowest BCUT2D eigenvalue weighted by atomic mass is 10.1. The Labute approximate surface area is 216 Å². The lowest BCUT2D eigenvalue weighted by Crippen LogP contribution is -2.41. The van der Waals surface area contributed by atoms with Gasteiger partial charge in [-0.05, 0) is 82.5 Å². The van der Waals surface area contributed by atoms with Crippen LogP contribution in [0.5, 0.6) is 0 Å². The summed E-state index contributed by atoms with van der Waals surface area (Å²) in [6.07, 6.45) is 4.78. The van der Waals surface area contributed by atoms with Gasteiger partial charge < -0.3 is 4.90 Å². The average molecular weight is 508 g/mol. The van der Waals surface area contributed by atoms with Gasteiger partial charge >= 0.3 is 6.03 Å². The molecule has 4 rings (SSSR count).